The number of benzene rings is 2. The normalized spacial score (nSPS) is 11.0. The quantitative estimate of drug-likeness (QED) is 0.504. The van der Waals surface area contributed by atoms with Gasteiger partial charge in [0.2, 0.25) is 0 Å². The van der Waals surface area contributed by atoms with Crippen LogP contribution in [0.25, 0.3) is 22.0 Å². The first-order valence-corrected chi connectivity index (χ1v) is 9.89. The third-order valence-corrected chi connectivity index (χ3v) is 5.08. The monoisotopic (exact) mass is 362 g/mol. The molecule has 0 spiro atoms. The molecule has 0 aliphatic heterocycles. The van der Waals surface area contributed by atoms with Crippen molar-refractivity contribution < 1.29 is 4.74 Å². The van der Waals surface area contributed by atoms with E-state index < -0.39 is 0 Å². The Labute approximate surface area is 163 Å². The zero-order valence-corrected chi connectivity index (χ0v) is 17.2. The van der Waals surface area contributed by atoms with Gasteiger partial charge in [0.1, 0.15) is 5.75 Å². The second-order valence-corrected chi connectivity index (χ2v) is 7.16. The van der Waals surface area contributed by atoms with Gasteiger partial charge in [-0.25, -0.2) is 0 Å². The van der Waals surface area contributed by atoms with Gasteiger partial charge < -0.3 is 9.64 Å². The van der Waals surface area contributed by atoms with Gasteiger partial charge in [-0.1, -0.05) is 38.1 Å². The van der Waals surface area contributed by atoms with Crippen LogP contribution in [0.2, 0.25) is 0 Å². The smallest absolute Gasteiger partial charge is 0.119 e. The fraction of sp³-hybridized carbons (Fsp3) is 0.375. The van der Waals surface area contributed by atoms with E-state index in [2.05, 4.69) is 75.2 Å². The van der Waals surface area contributed by atoms with Crippen molar-refractivity contribution in [3.63, 3.8) is 0 Å². The first kappa shape index (κ1) is 19.2. The van der Waals surface area contributed by atoms with Gasteiger partial charge >= 0.3 is 0 Å². The van der Waals surface area contributed by atoms with Crippen LogP contribution in [-0.4, -0.2) is 25.2 Å². The Morgan fingerprint density at radius 3 is 2.07 bits per heavy atom. The highest BCUT2D eigenvalue weighted by Crippen LogP contribution is 2.37. The van der Waals surface area contributed by atoms with Crippen molar-refractivity contribution in [3.05, 3.63) is 53.7 Å². The zero-order chi connectivity index (χ0) is 19.4. The molecule has 0 amide bonds. The Kier molecular flexibility index (Phi) is 6.00. The molecular formula is C24H30N2O. The zero-order valence-electron chi connectivity index (χ0n) is 17.2. The molecule has 3 nitrogen and oxygen atoms in total. The van der Waals surface area contributed by atoms with Crippen LogP contribution in [0.1, 0.15) is 37.8 Å². The summed E-state index contributed by atoms with van der Waals surface area (Å²) >= 11 is 0. The lowest BCUT2D eigenvalue weighted by Gasteiger charge is -2.26. The van der Waals surface area contributed by atoms with Gasteiger partial charge in [-0.05, 0) is 49.9 Å². The van der Waals surface area contributed by atoms with E-state index in [1.165, 1.54) is 33.2 Å². The van der Waals surface area contributed by atoms with Gasteiger partial charge in [-0.15, -0.1) is 0 Å². The third-order valence-electron chi connectivity index (χ3n) is 5.08. The van der Waals surface area contributed by atoms with Crippen LogP contribution in [0.5, 0.6) is 5.75 Å². The predicted molar refractivity (Wildman–Crippen MR) is 116 cm³/mol. The number of methoxy groups -OCH3 is 1. The van der Waals surface area contributed by atoms with Crippen LogP contribution in [0.3, 0.4) is 0 Å². The van der Waals surface area contributed by atoms with E-state index in [9.17, 15) is 0 Å². The fourth-order valence-electron chi connectivity index (χ4n) is 3.94. The largest absolute Gasteiger partial charge is 0.497 e. The molecule has 3 heteroatoms. The van der Waals surface area contributed by atoms with Crippen LogP contribution < -0.4 is 9.64 Å². The number of fused-ring (bicyclic) bond motifs is 1. The SMILES string of the molecule is CCCN(CCC)c1cnc(-c2c(C)cc(OC)cc2C)c2ccccc12. The molecule has 0 aliphatic rings. The maximum atomic E-state index is 5.43. The van der Waals surface area contributed by atoms with Gasteiger partial charge in [0.05, 0.1) is 24.7 Å². The van der Waals surface area contributed by atoms with Crippen molar-refractivity contribution in [2.75, 3.05) is 25.1 Å². The van der Waals surface area contributed by atoms with Gasteiger partial charge in [-0.3, -0.25) is 4.98 Å². The molecule has 0 saturated carbocycles. The second kappa shape index (κ2) is 8.43. The Morgan fingerprint density at radius 2 is 1.52 bits per heavy atom. The van der Waals surface area contributed by atoms with Gasteiger partial charge in [0.25, 0.3) is 0 Å². The summed E-state index contributed by atoms with van der Waals surface area (Å²) < 4.78 is 5.43. The lowest BCUT2D eigenvalue weighted by molar-refractivity contribution is 0.414. The van der Waals surface area contributed by atoms with E-state index in [0.29, 0.717) is 0 Å². The highest BCUT2D eigenvalue weighted by atomic mass is 16.5. The third kappa shape index (κ3) is 3.78. The van der Waals surface area contributed by atoms with Crippen LogP contribution in [0.4, 0.5) is 5.69 Å². The molecule has 0 atom stereocenters. The Morgan fingerprint density at radius 1 is 0.926 bits per heavy atom. The van der Waals surface area contributed by atoms with Crippen LogP contribution >= 0.6 is 0 Å². The maximum absolute atomic E-state index is 5.43. The summed E-state index contributed by atoms with van der Waals surface area (Å²) in [7, 11) is 1.71. The lowest BCUT2D eigenvalue weighted by atomic mass is 9.95. The highest BCUT2D eigenvalue weighted by molar-refractivity contribution is 6.02. The number of rotatable bonds is 7. The summed E-state index contributed by atoms with van der Waals surface area (Å²) in [6, 6.07) is 12.8. The van der Waals surface area contributed by atoms with Crippen LogP contribution in [0.15, 0.2) is 42.6 Å². The molecule has 3 rings (SSSR count). The van der Waals surface area contributed by atoms with E-state index in [4.69, 9.17) is 9.72 Å². The van der Waals surface area contributed by atoms with E-state index in [1.54, 1.807) is 7.11 Å². The van der Waals surface area contributed by atoms with Gasteiger partial charge in [0.15, 0.2) is 0 Å². The van der Waals surface area contributed by atoms with Crippen molar-refractivity contribution in [1.29, 1.82) is 0 Å². The average molecular weight is 363 g/mol. The van der Waals surface area contributed by atoms with Gasteiger partial charge in [-0.2, -0.15) is 0 Å². The van der Waals surface area contributed by atoms with E-state index >= 15 is 0 Å². The molecule has 1 aromatic heterocycles. The summed E-state index contributed by atoms with van der Waals surface area (Å²) in [4.78, 5) is 7.42. The summed E-state index contributed by atoms with van der Waals surface area (Å²) in [5.74, 6) is 0.895. The topological polar surface area (TPSA) is 25.4 Å². The molecule has 142 valence electrons. The van der Waals surface area contributed by atoms with Crippen molar-refractivity contribution in [2.45, 2.75) is 40.5 Å². The minimum atomic E-state index is 0.895. The molecule has 0 bridgehead atoms. The Balaban J connectivity index is 2.22. The van der Waals surface area contributed by atoms with Crippen LogP contribution in [-0.2, 0) is 0 Å². The molecule has 0 radical (unpaired) electrons. The molecular weight excluding hydrogens is 332 g/mol. The summed E-state index contributed by atoms with van der Waals surface area (Å²) in [5, 5.41) is 2.49. The Bertz CT molecular complexity index is 904. The van der Waals surface area contributed by atoms with Crippen molar-refractivity contribution in [1.82, 2.24) is 4.98 Å². The first-order chi connectivity index (χ1) is 13.1. The summed E-state index contributed by atoms with van der Waals surface area (Å²) in [5.41, 5.74) is 5.88. The van der Waals surface area contributed by atoms with Crippen molar-refractivity contribution in [2.24, 2.45) is 0 Å². The van der Waals surface area contributed by atoms with E-state index in [1.807, 2.05) is 0 Å². The molecule has 27 heavy (non-hydrogen) atoms. The highest BCUT2D eigenvalue weighted by Gasteiger charge is 2.16. The summed E-state index contributed by atoms with van der Waals surface area (Å²) in [6.07, 6.45) is 4.33. The van der Waals surface area contributed by atoms with Gasteiger partial charge in [0, 0.05) is 29.4 Å². The van der Waals surface area contributed by atoms with Crippen LogP contribution in [0, 0.1) is 13.8 Å². The summed E-state index contributed by atoms with van der Waals surface area (Å²) in [6.45, 7) is 10.8. The maximum Gasteiger partial charge on any atom is 0.119 e. The van der Waals surface area contributed by atoms with E-state index in [0.717, 1.165) is 37.4 Å². The second-order valence-electron chi connectivity index (χ2n) is 7.16. The number of ether oxygens (including phenoxy) is 1. The molecule has 2 aromatic carbocycles. The minimum Gasteiger partial charge on any atom is -0.497 e. The van der Waals surface area contributed by atoms with Crippen molar-refractivity contribution in [3.8, 4) is 17.0 Å². The molecule has 0 aliphatic carbocycles. The molecule has 0 fully saturated rings. The fourth-order valence-corrected chi connectivity index (χ4v) is 3.94. The number of aryl methyl sites for hydroxylation is 2. The number of hydrogen-bond donors (Lipinski definition) is 0. The molecule has 0 unspecified atom stereocenters. The predicted octanol–water partition coefficient (Wildman–Crippen LogP) is 6.15. The lowest BCUT2D eigenvalue weighted by Crippen LogP contribution is -2.25. The minimum absolute atomic E-state index is 0.895. The van der Waals surface area contributed by atoms with E-state index in [-0.39, 0.29) is 0 Å². The average Bonchev–Trinajstić information content (AvgIpc) is 2.67. The number of nitrogens with zero attached hydrogens (tertiary/aromatic N) is 2. The molecule has 1 heterocycles. The molecule has 0 N–H and O–H groups in total. The number of hydrogen-bond acceptors (Lipinski definition) is 3. The first-order valence-electron chi connectivity index (χ1n) is 9.89. The number of pyridine rings is 1. The standard InChI is InChI=1S/C24H30N2O/c1-6-12-26(13-7-2)22-16-25-24(21-11-9-8-10-20(21)22)23-17(3)14-19(27-5)15-18(23)4/h8-11,14-16H,6-7,12-13H2,1-5H3. The molecule has 3 aromatic rings. The van der Waals surface area contributed by atoms with Crippen molar-refractivity contribution >= 4 is 16.5 Å². The molecule has 0 saturated heterocycles. The number of anilines is 1. The Hall–Kier alpha value is -2.55. The number of aromatic nitrogens is 1.